The van der Waals surface area contributed by atoms with Crippen molar-refractivity contribution in [3.8, 4) is 0 Å². The summed E-state index contributed by atoms with van der Waals surface area (Å²) in [5.41, 5.74) is 0.944. The van der Waals surface area contributed by atoms with Crippen molar-refractivity contribution in [1.29, 1.82) is 0 Å². The Morgan fingerprint density at radius 1 is 1.25 bits per heavy atom. The van der Waals surface area contributed by atoms with E-state index in [4.69, 9.17) is 0 Å². The van der Waals surface area contributed by atoms with E-state index in [2.05, 4.69) is 20.6 Å². The summed E-state index contributed by atoms with van der Waals surface area (Å²) in [4.78, 5) is 20.2. The largest absolute Gasteiger partial charge is 0.481 e. The van der Waals surface area contributed by atoms with Gasteiger partial charge in [-0.15, -0.1) is 0 Å². The molecule has 0 aliphatic heterocycles. The second kappa shape index (κ2) is 7.29. The molecule has 1 aromatic heterocycles. The number of anilines is 3. The Kier molecular flexibility index (Phi) is 4.93. The zero-order valence-electron chi connectivity index (χ0n) is 13.7. The highest BCUT2D eigenvalue weighted by Crippen LogP contribution is 2.33. The summed E-state index contributed by atoms with van der Waals surface area (Å²) in [6, 6.07) is 11.6. The van der Waals surface area contributed by atoms with Gasteiger partial charge in [-0.25, -0.2) is 9.97 Å². The molecule has 1 aromatic carbocycles. The molecule has 1 aliphatic carbocycles. The number of benzene rings is 1. The minimum atomic E-state index is -0.736. The summed E-state index contributed by atoms with van der Waals surface area (Å²) in [5.74, 6) is 1.15. The zero-order chi connectivity index (χ0) is 16.9. The Balaban J connectivity index is 1.68. The van der Waals surface area contributed by atoms with Gasteiger partial charge in [0.1, 0.15) is 17.5 Å². The van der Waals surface area contributed by atoms with Crippen LogP contribution in [0.4, 0.5) is 17.3 Å². The second-order valence-corrected chi connectivity index (χ2v) is 6.19. The van der Waals surface area contributed by atoms with E-state index < -0.39 is 5.97 Å². The van der Waals surface area contributed by atoms with Gasteiger partial charge in [0.2, 0.25) is 0 Å². The molecule has 0 spiro atoms. The molecule has 0 bridgehead atoms. The Hall–Kier alpha value is -2.63. The van der Waals surface area contributed by atoms with E-state index >= 15 is 0 Å². The minimum absolute atomic E-state index is 0.278. The van der Waals surface area contributed by atoms with Gasteiger partial charge in [-0.1, -0.05) is 24.6 Å². The van der Waals surface area contributed by atoms with E-state index in [1.165, 1.54) is 0 Å². The van der Waals surface area contributed by atoms with Gasteiger partial charge in [0.25, 0.3) is 0 Å². The lowest BCUT2D eigenvalue weighted by molar-refractivity contribution is -0.144. The molecule has 3 rings (SSSR count). The van der Waals surface area contributed by atoms with Gasteiger partial charge in [-0.05, 0) is 37.8 Å². The maximum absolute atomic E-state index is 11.4. The van der Waals surface area contributed by atoms with Crippen LogP contribution in [0.25, 0.3) is 0 Å². The molecule has 0 amide bonds. The number of carbonyl (C=O) groups is 1. The fourth-order valence-electron chi connectivity index (χ4n) is 2.90. The third-order valence-corrected chi connectivity index (χ3v) is 4.42. The number of aliphatic carboxylic acids is 1. The summed E-state index contributed by atoms with van der Waals surface area (Å²) in [5, 5.41) is 15.8. The lowest BCUT2D eigenvalue weighted by Crippen LogP contribution is -2.34. The van der Waals surface area contributed by atoms with Crippen molar-refractivity contribution in [3.63, 3.8) is 0 Å². The van der Waals surface area contributed by atoms with Crippen LogP contribution in [-0.2, 0) is 4.79 Å². The molecule has 0 radical (unpaired) electrons. The van der Waals surface area contributed by atoms with Crippen LogP contribution >= 0.6 is 0 Å². The van der Waals surface area contributed by atoms with Crippen LogP contribution in [0, 0.1) is 18.8 Å². The van der Waals surface area contributed by atoms with Gasteiger partial charge in [-0.2, -0.15) is 0 Å². The predicted octanol–water partition coefficient (Wildman–Crippen LogP) is 3.44. The van der Waals surface area contributed by atoms with Crippen LogP contribution in [0.1, 0.15) is 25.1 Å². The molecule has 1 unspecified atom stereocenters. The summed E-state index contributed by atoms with van der Waals surface area (Å²) in [6.45, 7) is 2.21. The second-order valence-electron chi connectivity index (χ2n) is 6.19. The topological polar surface area (TPSA) is 87.1 Å². The van der Waals surface area contributed by atoms with Crippen LogP contribution in [0.3, 0.4) is 0 Å². The van der Waals surface area contributed by atoms with Crippen LogP contribution in [0.15, 0.2) is 36.4 Å². The quantitative estimate of drug-likeness (QED) is 0.722. The minimum Gasteiger partial charge on any atom is -0.481 e. The van der Waals surface area contributed by atoms with Gasteiger partial charge in [0.05, 0.1) is 5.92 Å². The van der Waals surface area contributed by atoms with E-state index in [0.29, 0.717) is 24.0 Å². The number of hydrogen-bond donors (Lipinski definition) is 3. The van der Waals surface area contributed by atoms with Gasteiger partial charge in [-0.3, -0.25) is 4.79 Å². The summed E-state index contributed by atoms with van der Waals surface area (Å²) < 4.78 is 0. The first-order valence-electron chi connectivity index (χ1n) is 8.26. The molecular formula is C18H22N4O2. The summed E-state index contributed by atoms with van der Waals surface area (Å²) >= 11 is 0. The third kappa shape index (κ3) is 4.01. The first-order valence-corrected chi connectivity index (χ1v) is 8.26. The standard InChI is InChI=1S/C18H22N4O2/c1-12-20-16(19-11-15(18(23)24)13-6-5-7-13)10-17(21-12)22-14-8-3-2-4-9-14/h2-4,8-10,13,15H,5-7,11H2,1H3,(H,23,24)(H2,19,20,21,22). The molecule has 3 N–H and O–H groups in total. The van der Waals surface area contributed by atoms with E-state index in [0.717, 1.165) is 24.9 Å². The Morgan fingerprint density at radius 2 is 1.96 bits per heavy atom. The summed E-state index contributed by atoms with van der Waals surface area (Å²) in [7, 11) is 0. The van der Waals surface area contributed by atoms with Crippen LogP contribution < -0.4 is 10.6 Å². The predicted molar refractivity (Wildman–Crippen MR) is 93.5 cm³/mol. The van der Waals surface area contributed by atoms with Crippen molar-refractivity contribution in [1.82, 2.24) is 9.97 Å². The molecule has 0 saturated heterocycles. The number of nitrogens with zero attached hydrogens (tertiary/aromatic N) is 2. The highest BCUT2D eigenvalue weighted by atomic mass is 16.4. The van der Waals surface area contributed by atoms with Crippen molar-refractivity contribution >= 4 is 23.3 Å². The first kappa shape index (κ1) is 16.2. The van der Waals surface area contributed by atoms with Crippen LogP contribution in [-0.4, -0.2) is 27.6 Å². The Bertz CT molecular complexity index is 701. The zero-order valence-corrected chi connectivity index (χ0v) is 13.7. The first-order chi connectivity index (χ1) is 11.6. The number of carboxylic acids is 1. The van der Waals surface area contributed by atoms with Gasteiger partial charge in [0.15, 0.2) is 0 Å². The number of carboxylic acid groups (broad SMARTS) is 1. The third-order valence-electron chi connectivity index (χ3n) is 4.42. The Morgan fingerprint density at radius 3 is 2.58 bits per heavy atom. The maximum Gasteiger partial charge on any atom is 0.308 e. The average Bonchev–Trinajstić information content (AvgIpc) is 2.49. The molecule has 6 nitrogen and oxygen atoms in total. The van der Waals surface area contributed by atoms with Crippen molar-refractivity contribution in [2.45, 2.75) is 26.2 Å². The molecule has 6 heteroatoms. The number of para-hydroxylation sites is 1. The number of hydrogen-bond acceptors (Lipinski definition) is 5. The van der Waals surface area contributed by atoms with E-state index in [9.17, 15) is 9.90 Å². The molecule has 24 heavy (non-hydrogen) atoms. The average molecular weight is 326 g/mol. The monoisotopic (exact) mass is 326 g/mol. The van der Waals surface area contributed by atoms with Crippen molar-refractivity contribution in [2.24, 2.45) is 11.8 Å². The lowest BCUT2D eigenvalue weighted by Gasteiger charge is -2.31. The highest BCUT2D eigenvalue weighted by molar-refractivity contribution is 5.71. The normalized spacial score (nSPS) is 15.4. The fourth-order valence-corrected chi connectivity index (χ4v) is 2.90. The van der Waals surface area contributed by atoms with Crippen molar-refractivity contribution in [2.75, 3.05) is 17.2 Å². The van der Waals surface area contributed by atoms with Crippen LogP contribution in [0.5, 0.6) is 0 Å². The molecular weight excluding hydrogens is 304 g/mol. The van der Waals surface area contributed by atoms with Crippen molar-refractivity contribution in [3.05, 3.63) is 42.2 Å². The highest BCUT2D eigenvalue weighted by Gasteiger charge is 2.32. The van der Waals surface area contributed by atoms with E-state index in [1.807, 2.05) is 37.3 Å². The molecule has 2 aromatic rings. The van der Waals surface area contributed by atoms with Crippen LogP contribution in [0.2, 0.25) is 0 Å². The number of aromatic nitrogens is 2. The fraction of sp³-hybridized carbons (Fsp3) is 0.389. The number of nitrogens with one attached hydrogen (secondary N) is 2. The van der Waals surface area contributed by atoms with Crippen molar-refractivity contribution < 1.29 is 9.90 Å². The maximum atomic E-state index is 11.4. The van der Waals surface area contributed by atoms with Gasteiger partial charge < -0.3 is 15.7 Å². The molecule has 1 atom stereocenters. The number of rotatable bonds is 7. The number of aryl methyl sites for hydroxylation is 1. The lowest BCUT2D eigenvalue weighted by atomic mass is 9.76. The van der Waals surface area contributed by atoms with E-state index in [-0.39, 0.29) is 11.8 Å². The SMILES string of the molecule is Cc1nc(NCC(C(=O)O)C2CCC2)cc(Nc2ccccc2)n1. The molecule has 1 heterocycles. The summed E-state index contributed by atoms with van der Waals surface area (Å²) in [6.07, 6.45) is 3.14. The molecule has 1 saturated carbocycles. The Labute approximate surface area is 141 Å². The molecule has 1 aliphatic rings. The molecule has 1 fully saturated rings. The van der Waals surface area contributed by atoms with Gasteiger partial charge in [0, 0.05) is 18.3 Å². The van der Waals surface area contributed by atoms with E-state index in [1.54, 1.807) is 6.07 Å². The molecule has 126 valence electrons. The smallest absolute Gasteiger partial charge is 0.308 e. The van der Waals surface area contributed by atoms with Gasteiger partial charge >= 0.3 is 5.97 Å².